The predicted molar refractivity (Wildman–Crippen MR) is 65.2 cm³/mol. The number of carbonyl (C=O) groups is 1. The van der Waals surface area contributed by atoms with Crippen molar-refractivity contribution < 1.29 is 9.53 Å². The first kappa shape index (κ1) is 11.9. The molecule has 92 valence electrons. The fourth-order valence-corrected chi connectivity index (χ4v) is 1.89. The smallest absolute Gasteiger partial charge is 0.422 e. The molecule has 1 heterocycles. The van der Waals surface area contributed by atoms with Crippen molar-refractivity contribution in [2.75, 3.05) is 13.1 Å². The Labute approximate surface area is 102 Å². The lowest BCUT2D eigenvalue weighted by Gasteiger charge is -2.26. The molecule has 0 radical (unpaired) electrons. The van der Waals surface area contributed by atoms with Crippen molar-refractivity contribution in [3.05, 3.63) is 35.9 Å². The molecule has 1 saturated heterocycles. The average molecular weight is 234 g/mol. The summed E-state index contributed by atoms with van der Waals surface area (Å²) in [6, 6.07) is 9.68. The van der Waals surface area contributed by atoms with E-state index in [-0.39, 0.29) is 6.09 Å². The zero-order valence-electron chi connectivity index (χ0n) is 9.89. The van der Waals surface area contributed by atoms with Gasteiger partial charge in [-0.15, -0.1) is 0 Å². The monoisotopic (exact) mass is 234 g/mol. The third-order valence-corrected chi connectivity index (χ3v) is 2.82. The van der Waals surface area contributed by atoms with E-state index in [1.807, 2.05) is 35.3 Å². The molecule has 0 unspecified atom stereocenters. The normalized spacial score (nSPS) is 16.5. The van der Waals surface area contributed by atoms with Crippen LogP contribution in [-0.4, -0.2) is 24.2 Å². The van der Waals surface area contributed by atoms with Gasteiger partial charge in [-0.25, -0.2) is 9.80 Å². The van der Waals surface area contributed by atoms with Gasteiger partial charge in [0.05, 0.1) is 0 Å². The van der Waals surface area contributed by atoms with E-state index < -0.39 is 0 Å². The predicted octanol–water partition coefficient (Wildman–Crippen LogP) is 2.31. The van der Waals surface area contributed by atoms with E-state index in [1.165, 1.54) is 6.42 Å². The van der Waals surface area contributed by atoms with E-state index in [1.54, 1.807) is 0 Å². The molecular weight excluding hydrogens is 216 g/mol. The summed E-state index contributed by atoms with van der Waals surface area (Å²) in [6.45, 7) is 2.15. The van der Waals surface area contributed by atoms with Crippen LogP contribution in [0.4, 0.5) is 4.79 Å². The highest BCUT2D eigenvalue weighted by Gasteiger charge is 2.13. The van der Waals surface area contributed by atoms with Crippen molar-refractivity contribution in [3.8, 4) is 0 Å². The number of hydrogen-bond acceptors (Lipinski definition) is 3. The van der Waals surface area contributed by atoms with Crippen LogP contribution in [0.3, 0.4) is 0 Å². The summed E-state index contributed by atoms with van der Waals surface area (Å²) >= 11 is 0. The third kappa shape index (κ3) is 4.07. The SMILES string of the molecule is O=C(NN1CCCCC1)OCc1ccccc1. The number of hydrogen-bond donors (Lipinski definition) is 1. The molecule has 0 saturated carbocycles. The number of carbonyl (C=O) groups excluding carboxylic acids is 1. The number of ether oxygens (including phenoxy) is 1. The Hall–Kier alpha value is -1.55. The first-order valence-corrected chi connectivity index (χ1v) is 6.07. The van der Waals surface area contributed by atoms with Crippen molar-refractivity contribution in [2.45, 2.75) is 25.9 Å². The summed E-state index contributed by atoms with van der Waals surface area (Å²) in [4.78, 5) is 11.5. The molecule has 1 amide bonds. The molecule has 0 aromatic heterocycles. The Bertz CT molecular complexity index is 348. The highest BCUT2D eigenvalue weighted by Crippen LogP contribution is 2.06. The fraction of sp³-hybridized carbons (Fsp3) is 0.462. The topological polar surface area (TPSA) is 41.6 Å². The highest BCUT2D eigenvalue weighted by atomic mass is 16.6. The van der Waals surface area contributed by atoms with Crippen molar-refractivity contribution in [3.63, 3.8) is 0 Å². The molecular formula is C13H18N2O2. The second kappa shape index (κ2) is 6.25. The molecule has 0 aliphatic carbocycles. The van der Waals surface area contributed by atoms with Crippen molar-refractivity contribution in [1.29, 1.82) is 0 Å². The van der Waals surface area contributed by atoms with Gasteiger partial charge >= 0.3 is 6.09 Å². The number of nitrogens with zero attached hydrogens (tertiary/aromatic N) is 1. The first-order valence-electron chi connectivity index (χ1n) is 6.07. The molecule has 0 bridgehead atoms. The van der Waals surface area contributed by atoms with Crippen LogP contribution in [0.15, 0.2) is 30.3 Å². The molecule has 1 aliphatic heterocycles. The largest absolute Gasteiger partial charge is 0.444 e. The van der Waals surface area contributed by atoms with Gasteiger partial charge < -0.3 is 4.74 Å². The molecule has 4 heteroatoms. The second-order valence-corrected chi connectivity index (χ2v) is 4.22. The number of rotatable bonds is 3. The minimum Gasteiger partial charge on any atom is -0.444 e. The number of hydrazine groups is 1. The quantitative estimate of drug-likeness (QED) is 0.872. The van der Waals surface area contributed by atoms with Gasteiger partial charge in [-0.3, -0.25) is 5.43 Å². The third-order valence-electron chi connectivity index (χ3n) is 2.82. The zero-order chi connectivity index (χ0) is 11.9. The minimum atomic E-state index is -0.365. The standard InChI is InChI=1S/C13H18N2O2/c16-13(14-15-9-5-2-6-10-15)17-11-12-7-3-1-4-8-12/h1,3-4,7-8H,2,5-6,9-11H2,(H,14,16). The maximum Gasteiger partial charge on any atom is 0.422 e. The maximum atomic E-state index is 11.5. The van der Waals surface area contributed by atoms with Crippen molar-refractivity contribution in [1.82, 2.24) is 10.4 Å². The Morgan fingerprint density at radius 3 is 2.59 bits per heavy atom. The molecule has 4 nitrogen and oxygen atoms in total. The summed E-state index contributed by atoms with van der Waals surface area (Å²) in [5.74, 6) is 0. The number of amides is 1. The van der Waals surface area contributed by atoms with Crippen LogP contribution in [-0.2, 0) is 11.3 Å². The van der Waals surface area contributed by atoms with Crippen molar-refractivity contribution in [2.24, 2.45) is 0 Å². The molecule has 1 aromatic carbocycles. The summed E-state index contributed by atoms with van der Waals surface area (Å²) in [5.41, 5.74) is 3.76. The second-order valence-electron chi connectivity index (χ2n) is 4.22. The van der Waals surface area contributed by atoms with Crippen LogP contribution in [0.5, 0.6) is 0 Å². The summed E-state index contributed by atoms with van der Waals surface area (Å²) in [7, 11) is 0. The molecule has 1 aliphatic rings. The highest BCUT2D eigenvalue weighted by molar-refractivity contribution is 5.66. The van der Waals surface area contributed by atoms with Crippen LogP contribution in [0.2, 0.25) is 0 Å². The minimum absolute atomic E-state index is 0.320. The van der Waals surface area contributed by atoms with Gasteiger partial charge in [-0.2, -0.15) is 0 Å². The molecule has 0 spiro atoms. The Morgan fingerprint density at radius 2 is 1.88 bits per heavy atom. The van der Waals surface area contributed by atoms with Gasteiger partial charge in [-0.1, -0.05) is 36.8 Å². The average Bonchev–Trinajstić information content (AvgIpc) is 2.39. The molecule has 0 atom stereocenters. The van der Waals surface area contributed by atoms with Gasteiger partial charge in [0.25, 0.3) is 0 Å². The lowest BCUT2D eigenvalue weighted by atomic mass is 10.2. The summed E-state index contributed by atoms with van der Waals surface area (Å²) in [5, 5.41) is 1.93. The number of piperidine rings is 1. The van der Waals surface area contributed by atoms with Gasteiger partial charge in [0.2, 0.25) is 0 Å². The van der Waals surface area contributed by atoms with Crippen LogP contribution in [0.25, 0.3) is 0 Å². The van der Waals surface area contributed by atoms with E-state index >= 15 is 0 Å². The Morgan fingerprint density at radius 1 is 1.18 bits per heavy atom. The van der Waals surface area contributed by atoms with E-state index in [0.717, 1.165) is 31.5 Å². The van der Waals surface area contributed by atoms with E-state index in [2.05, 4.69) is 5.43 Å². The fourth-order valence-electron chi connectivity index (χ4n) is 1.89. The molecule has 17 heavy (non-hydrogen) atoms. The molecule has 2 rings (SSSR count). The van der Waals surface area contributed by atoms with Gasteiger partial charge in [-0.05, 0) is 18.4 Å². The summed E-state index contributed by atoms with van der Waals surface area (Å²) < 4.78 is 5.14. The zero-order valence-corrected chi connectivity index (χ0v) is 9.89. The molecule has 1 N–H and O–H groups in total. The maximum absolute atomic E-state index is 11.5. The summed E-state index contributed by atoms with van der Waals surface area (Å²) in [6.07, 6.45) is 3.16. The molecule has 1 aromatic rings. The van der Waals surface area contributed by atoms with E-state index in [0.29, 0.717) is 6.61 Å². The number of benzene rings is 1. The van der Waals surface area contributed by atoms with Crippen molar-refractivity contribution >= 4 is 6.09 Å². The van der Waals surface area contributed by atoms with Gasteiger partial charge in [0, 0.05) is 13.1 Å². The lowest BCUT2D eigenvalue weighted by molar-refractivity contribution is 0.0908. The first-order chi connectivity index (χ1) is 8.34. The Kier molecular flexibility index (Phi) is 4.38. The van der Waals surface area contributed by atoms with E-state index in [9.17, 15) is 4.79 Å². The van der Waals surface area contributed by atoms with Gasteiger partial charge in [0.1, 0.15) is 6.61 Å². The molecule has 1 fully saturated rings. The van der Waals surface area contributed by atoms with Gasteiger partial charge in [0.15, 0.2) is 0 Å². The van der Waals surface area contributed by atoms with Crippen LogP contribution in [0, 0.1) is 0 Å². The lowest BCUT2D eigenvalue weighted by Crippen LogP contribution is -2.45. The number of nitrogens with one attached hydrogen (secondary N) is 1. The van der Waals surface area contributed by atoms with E-state index in [4.69, 9.17) is 4.74 Å². The van der Waals surface area contributed by atoms with Crippen LogP contribution >= 0.6 is 0 Å². The van der Waals surface area contributed by atoms with Crippen LogP contribution < -0.4 is 5.43 Å². The van der Waals surface area contributed by atoms with Crippen LogP contribution in [0.1, 0.15) is 24.8 Å². The Balaban J connectivity index is 1.70.